The number of aryl methyl sites for hydroxylation is 2. The molecule has 134 valence electrons. The maximum Gasteiger partial charge on any atom is 0.268 e. The van der Waals surface area contributed by atoms with Crippen LogP contribution in [0.1, 0.15) is 16.8 Å². The van der Waals surface area contributed by atoms with Crippen LogP contribution in [-0.2, 0) is 12.8 Å². The summed E-state index contributed by atoms with van der Waals surface area (Å²) in [5.41, 5.74) is 2.00. The number of aromatic amines is 1. The van der Waals surface area contributed by atoms with Gasteiger partial charge in [0.25, 0.3) is 5.56 Å². The van der Waals surface area contributed by atoms with Gasteiger partial charge in [-0.3, -0.25) is 4.79 Å². The molecule has 3 rings (SSSR count). The van der Waals surface area contributed by atoms with Crippen LogP contribution in [0.3, 0.4) is 0 Å². The predicted molar refractivity (Wildman–Crippen MR) is 95.3 cm³/mol. The van der Waals surface area contributed by atoms with E-state index in [2.05, 4.69) is 10.2 Å². The zero-order valence-corrected chi connectivity index (χ0v) is 14.5. The first-order valence-electron chi connectivity index (χ1n) is 8.16. The van der Waals surface area contributed by atoms with Crippen LogP contribution in [0.5, 0.6) is 5.75 Å². The SMILES string of the molecule is COc1cccc(-c2c(C)n[nH]c(=O)c2CCc2cccc(F)c2)c1F. The summed E-state index contributed by atoms with van der Waals surface area (Å²) in [5, 5.41) is 6.42. The second-order valence-corrected chi connectivity index (χ2v) is 5.94. The van der Waals surface area contributed by atoms with Gasteiger partial charge in [-0.15, -0.1) is 0 Å². The van der Waals surface area contributed by atoms with E-state index in [1.807, 2.05) is 0 Å². The number of hydrogen-bond donors (Lipinski definition) is 1. The molecule has 1 N–H and O–H groups in total. The minimum Gasteiger partial charge on any atom is -0.494 e. The second kappa shape index (κ2) is 7.47. The number of halogens is 2. The van der Waals surface area contributed by atoms with E-state index in [4.69, 9.17) is 4.74 Å². The minimum absolute atomic E-state index is 0.0956. The number of methoxy groups -OCH3 is 1. The minimum atomic E-state index is -0.544. The van der Waals surface area contributed by atoms with E-state index < -0.39 is 5.82 Å². The topological polar surface area (TPSA) is 55.0 Å². The third kappa shape index (κ3) is 3.49. The largest absolute Gasteiger partial charge is 0.494 e. The summed E-state index contributed by atoms with van der Waals surface area (Å²) in [5.74, 6) is -0.780. The van der Waals surface area contributed by atoms with Gasteiger partial charge in [0.1, 0.15) is 5.82 Å². The van der Waals surface area contributed by atoms with Crippen molar-refractivity contribution in [2.75, 3.05) is 7.11 Å². The summed E-state index contributed by atoms with van der Waals surface area (Å²) in [6.45, 7) is 1.70. The molecule has 0 bridgehead atoms. The number of rotatable bonds is 5. The fourth-order valence-electron chi connectivity index (χ4n) is 3.01. The van der Waals surface area contributed by atoms with E-state index in [0.717, 1.165) is 5.56 Å². The molecule has 0 amide bonds. The Kier molecular flexibility index (Phi) is 5.11. The zero-order chi connectivity index (χ0) is 18.7. The summed E-state index contributed by atoms with van der Waals surface area (Å²) >= 11 is 0. The van der Waals surface area contributed by atoms with Crippen LogP contribution >= 0.6 is 0 Å². The van der Waals surface area contributed by atoms with Crippen molar-refractivity contribution < 1.29 is 13.5 Å². The highest BCUT2D eigenvalue weighted by Crippen LogP contribution is 2.32. The molecule has 26 heavy (non-hydrogen) atoms. The number of aromatic nitrogens is 2. The molecule has 4 nitrogen and oxygen atoms in total. The smallest absolute Gasteiger partial charge is 0.268 e. The van der Waals surface area contributed by atoms with Gasteiger partial charge >= 0.3 is 0 Å². The Bertz CT molecular complexity index is 999. The van der Waals surface area contributed by atoms with Gasteiger partial charge in [-0.25, -0.2) is 13.9 Å². The quantitative estimate of drug-likeness (QED) is 0.756. The lowest BCUT2D eigenvalue weighted by Gasteiger charge is -2.13. The lowest BCUT2D eigenvalue weighted by atomic mass is 9.95. The van der Waals surface area contributed by atoms with Crippen molar-refractivity contribution in [3.63, 3.8) is 0 Å². The molecule has 0 aliphatic heterocycles. The summed E-state index contributed by atoms with van der Waals surface area (Å²) in [4.78, 5) is 12.4. The van der Waals surface area contributed by atoms with Crippen molar-refractivity contribution in [1.82, 2.24) is 10.2 Å². The molecule has 2 aromatic carbocycles. The highest BCUT2D eigenvalue weighted by atomic mass is 19.1. The fraction of sp³-hybridized carbons (Fsp3) is 0.200. The Morgan fingerprint density at radius 2 is 1.88 bits per heavy atom. The highest BCUT2D eigenvalue weighted by molar-refractivity contribution is 5.71. The number of H-pyrrole nitrogens is 1. The lowest BCUT2D eigenvalue weighted by molar-refractivity contribution is 0.387. The summed E-state index contributed by atoms with van der Waals surface area (Å²) in [7, 11) is 1.38. The van der Waals surface area contributed by atoms with Crippen LogP contribution in [-0.4, -0.2) is 17.3 Å². The number of nitrogens with one attached hydrogen (secondary N) is 1. The number of nitrogens with zero attached hydrogens (tertiary/aromatic N) is 1. The Labute approximate surface area is 149 Å². The molecule has 0 spiro atoms. The van der Waals surface area contributed by atoms with Crippen molar-refractivity contribution in [3.05, 3.63) is 81.3 Å². The molecule has 0 fully saturated rings. The molecule has 1 aromatic heterocycles. The van der Waals surface area contributed by atoms with Crippen molar-refractivity contribution >= 4 is 0 Å². The van der Waals surface area contributed by atoms with E-state index in [9.17, 15) is 13.6 Å². The van der Waals surface area contributed by atoms with Crippen LogP contribution < -0.4 is 10.3 Å². The van der Waals surface area contributed by atoms with E-state index >= 15 is 0 Å². The molecule has 1 heterocycles. The monoisotopic (exact) mass is 356 g/mol. The van der Waals surface area contributed by atoms with Crippen LogP contribution in [0.25, 0.3) is 11.1 Å². The maximum atomic E-state index is 14.8. The number of benzene rings is 2. The number of hydrogen-bond acceptors (Lipinski definition) is 3. The zero-order valence-electron chi connectivity index (χ0n) is 14.5. The van der Waals surface area contributed by atoms with Gasteiger partial charge in [0.15, 0.2) is 11.6 Å². The molecule has 0 radical (unpaired) electrons. The van der Waals surface area contributed by atoms with Crippen LogP contribution in [0.4, 0.5) is 8.78 Å². The van der Waals surface area contributed by atoms with Gasteiger partial charge < -0.3 is 4.74 Å². The van der Waals surface area contributed by atoms with Crippen LogP contribution in [0.15, 0.2) is 47.3 Å². The van der Waals surface area contributed by atoms with E-state index in [1.165, 1.54) is 25.3 Å². The van der Waals surface area contributed by atoms with Gasteiger partial charge in [0, 0.05) is 16.7 Å². The summed E-state index contributed by atoms with van der Waals surface area (Å²) in [6, 6.07) is 11.0. The van der Waals surface area contributed by atoms with Gasteiger partial charge in [-0.05, 0) is 43.5 Å². The normalized spacial score (nSPS) is 10.8. The third-order valence-corrected chi connectivity index (χ3v) is 4.27. The fourth-order valence-corrected chi connectivity index (χ4v) is 3.01. The Hall–Kier alpha value is -3.02. The molecule has 0 saturated carbocycles. The van der Waals surface area contributed by atoms with E-state index in [1.54, 1.807) is 31.2 Å². The molecule has 3 aromatic rings. The first-order chi connectivity index (χ1) is 12.5. The lowest BCUT2D eigenvalue weighted by Crippen LogP contribution is -2.18. The average Bonchev–Trinajstić information content (AvgIpc) is 2.63. The molecule has 0 unspecified atom stereocenters. The molecule has 6 heteroatoms. The Balaban J connectivity index is 2.06. The molecule has 0 aliphatic carbocycles. The van der Waals surface area contributed by atoms with Gasteiger partial charge in [-0.1, -0.05) is 24.3 Å². The predicted octanol–water partition coefficient (Wildman–Crippen LogP) is 3.82. The average molecular weight is 356 g/mol. The summed E-state index contributed by atoms with van der Waals surface area (Å²) < 4.78 is 33.2. The number of ether oxygens (including phenoxy) is 1. The van der Waals surface area contributed by atoms with Gasteiger partial charge in [0.05, 0.1) is 12.8 Å². The standard InChI is InChI=1S/C20H18F2N2O2/c1-12-18(15-7-4-8-17(26-2)19(15)22)16(20(25)24-23-12)10-9-13-5-3-6-14(21)11-13/h3-8,11H,9-10H2,1-2H3,(H,24,25). The van der Waals surface area contributed by atoms with Gasteiger partial charge in [-0.2, -0.15) is 5.10 Å². The molecular formula is C20H18F2N2O2. The second-order valence-electron chi connectivity index (χ2n) is 5.94. The summed E-state index contributed by atoms with van der Waals surface area (Å²) in [6.07, 6.45) is 0.775. The first-order valence-corrected chi connectivity index (χ1v) is 8.16. The van der Waals surface area contributed by atoms with Crippen molar-refractivity contribution in [3.8, 4) is 16.9 Å². The molecule has 0 atom stereocenters. The molecule has 0 aliphatic rings. The molecule has 0 saturated heterocycles. The first kappa shape index (κ1) is 17.8. The van der Waals surface area contributed by atoms with Crippen LogP contribution in [0, 0.1) is 18.6 Å². The van der Waals surface area contributed by atoms with Crippen molar-refractivity contribution in [2.45, 2.75) is 19.8 Å². The Morgan fingerprint density at radius 1 is 1.12 bits per heavy atom. The van der Waals surface area contributed by atoms with Gasteiger partial charge in [0.2, 0.25) is 0 Å². The van der Waals surface area contributed by atoms with Crippen molar-refractivity contribution in [2.24, 2.45) is 0 Å². The maximum absolute atomic E-state index is 14.8. The molecular weight excluding hydrogens is 338 g/mol. The van der Waals surface area contributed by atoms with Crippen LogP contribution in [0.2, 0.25) is 0 Å². The highest BCUT2D eigenvalue weighted by Gasteiger charge is 2.19. The van der Waals surface area contributed by atoms with E-state index in [-0.39, 0.29) is 22.7 Å². The van der Waals surface area contributed by atoms with Crippen molar-refractivity contribution in [1.29, 1.82) is 0 Å². The third-order valence-electron chi connectivity index (χ3n) is 4.27. The van der Waals surface area contributed by atoms with E-state index in [0.29, 0.717) is 29.7 Å². The Morgan fingerprint density at radius 3 is 2.62 bits per heavy atom.